The Morgan fingerprint density at radius 2 is 2.04 bits per heavy atom. The fraction of sp³-hybridized carbons (Fsp3) is 0.267. The maximum atomic E-state index is 11.4. The predicted octanol–water partition coefficient (Wildman–Crippen LogP) is 1.85. The molecule has 1 amide bonds. The average Bonchev–Trinajstić information content (AvgIpc) is 2.59. The zero-order chi connectivity index (χ0) is 17.4. The molecule has 2 N–H and O–H groups in total. The Bertz CT molecular complexity index is 683. The van der Waals surface area contributed by atoms with Crippen molar-refractivity contribution in [3.8, 4) is 11.6 Å². The lowest BCUT2D eigenvalue weighted by Crippen LogP contribution is -2.31. The van der Waals surface area contributed by atoms with Crippen molar-refractivity contribution < 1.29 is 19.4 Å². The highest BCUT2D eigenvalue weighted by Gasteiger charge is 2.08. The van der Waals surface area contributed by atoms with Gasteiger partial charge in [0.2, 0.25) is 5.88 Å². The molecule has 2 rings (SSSR count). The number of hydrogen-bond acceptors (Lipinski definition) is 6. The minimum Gasteiger partial charge on any atom is -0.485 e. The lowest BCUT2D eigenvalue weighted by atomic mass is 10.3. The van der Waals surface area contributed by atoms with E-state index in [0.29, 0.717) is 21.5 Å². The summed E-state index contributed by atoms with van der Waals surface area (Å²) in [6, 6.07) is 4.93. The van der Waals surface area contributed by atoms with E-state index in [4.69, 9.17) is 37.8 Å². The van der Waals surface area contributed by atoms with Gasteiger partial charge in [0.05, 0.1) is 23.5 Å². The molecule has 128 valence electrons. The minimum atomic E-state index is -0.367. The maximum Gasteiger partial charge on any atom is 0.258 e. The van der Waals surface area contributed by atoms with E-state index < -0.39 is 0 Å². The van der Waals surface area contributed by atoms with Crippen LogP contribution in [-0.4, -0.2) is 40.7 Å². The van der Waals surface area contributed by atoms with Crippen LogP contribution in [0.5, 0.6) is 11.6 Å². The highest BCUT2D eigenvalue weighted by atomic mass is 35.5. The van der Waals surface area contributed by atoms with E-state index in [9.17, 15) is 4.79 Å². The van der Waals surface area contributed by atoms with Crippen LogP contribution in [0.2, 0.25) is 10.0 Å². The maximum absolute atomic E-state index is 11.4. The summed E-state index contributed by atoms with van der Waals surface area (Å²) in [5.74, 6) is 0.181. The molecular formula is C15H15Cl2N3O4. The van der Waals surface area contributed by atoms with Gasteiger partial charge in [0.15, 0.2) is 6.61 Å². The van der Waals surface area contributed by atoms with Gasteiger partial charge in [0.1, 0.15) is 17.4 Å². The molecule has 0 bridgehead atoms. The summed E-state index contributed by atoms with van der Waals surface area (Å²) in [5.41, 5.74) is 0.679. The van der Waals surface area contributed by atoms with Crippen LogP contribution in [0.1, 0.15) is 5.69 Å². The van der Waals surface area contributed by atoms with Crippen molar-refractivity contribution in [3.05, 3.63) is 46.3 Å². The van der Waals surface area contributed by atoms with E-state index >= 15 is 0 Å². The molecule has 2 aromatic heterocycles. The van der Waals surface area contributed by atoms with Crippen LogP contribution < -0.4 is 14.8 Å². The van der Waals surface area contributed by atoms with Crippen molar-refractivity contribution in [3.63, 3.8) is 0 Å². The third kappa shape index (κ3) is 5.84. The molecule has 0 spiro atoms. The summed E-state index contributed by atoms with van der Waals surface area (Å²) in [6.45, 7) is -0.00943. The number of nitrogens with one attached hydrogen (secondary N) is 1. The SMILES string of the molecule is O=C(COc1cc(OCc2ccc(Cl)cn2)c(Cl)cn1)NCCO. The van der Waals surface area contributed by atoms with E-state index in [1.165, 1.54) is 18.5 Å². The molecular weight excluding hydrogens is 357 g/mol. The first-order chi connectivity index (χ1) is 11.6. The molecule has 0 fully saturated rings. The Morgan fingerprint density at radius 3 is 2.75 bits per heavy atom. The molecule has 7 nitrogen and oxygen atoms in total. The Balaban J connectivity index is 1.92. The summed E-state index contributed by atoms with van der Waals surface area (Å²) < 4.78 is 10.8. The van der Waals surface area contributed by atoms with Gasteiger partial charge in [0, 0.05) is 18.8 Å². The third-order valence-corrected chi connectivity index (χ3v) is 3.25. The van der Waals surface area contributed by atoms with Gasteiger partial charge in [-0.2, -0.15) is 0 Å². The van der Waals surface area contributed by atoms with Gasteiger partial charge in [-0.1, -0.05) is 23.2 Å². The van der Waals surface area contributed by atoms with Gasteiger partial charge < -0.3 is 19.9 Å². The second-order valence-electron chi connectivity index (χ2n) is 4.57. The van der Waals surface area contributed by atoms with E-state index in [-0.39, 0.29) is 38.2 Å². The van der Waals surface area contributed by atoms with E-state index in [0.717, 1.165) is 0 Å². The summed E-state index contributed by atoms with van der Waals surface area (Å²) in [6.07, 6.45) is 2.89. The number of ether oxygens (including phenoxy) is 2. The molecule has 0 unspecified atom stereocenters. The molecule has 0 aromatic carbocycles. The van der Waals surface area contributed by atoms with E-state index in [1.807, 2.05) is 0 Å². The molecule has 0 atom stereocenters. The average molecular weight is 372 g/mol. The second kappa shape index (κ2) is 9.27. The number of carbonyl (C=O) groups excluding carboxylic acids is 1. The topological polar surface area (TPSA) is 93.6 Å². The van der Waals surface area contributed by atoms with Crippen LogP contribution in [0.15, 0.2) is 30.6 Å². The molecule has 0 aliphatic carbocycles. The van der Waals surface area contributed by atoms with Gasteiger partial charge in [-0.25, -0.2) is 4.98 Å². The predicted molar refractivity (Wildman–Crippen MR) is 88.4 cm³/mol. The lowest BCUT2D eigenvalue weighted by molar-refractivity contribution is -0.123. The number of pyridine rings is 2. The molecule has 9 heteroatoms. The molecule has 0 aliphatic heterocycles. The van der Waals surface area contributed by atoms with Crippen molar-refractivity contribution in [1.82, 2.24) is 15.3 Å². The van der Waals surface area contributed by atoms with Crippen molar-refractivity contribution in [2.24, 2.45) is 0 Å². The molecule has 0 saturated carbocycles. The van der Waals surface area contributed by atoms with Crippen molar-refractivity contribution >= 4 is 29.1 Å². The van der Waals surface area contributed by atoms with E-state index in [2.05, 4.69) is 15.3 Å². The minimum absolute atomic E-state index is 0.137. The molecule has 0 aliphatic rings. The van der Waals surface area contributed by atoms with Gasteiger partial charge >= 0.3 is 0 Å². The Kier molecular flexibility index (Phi) is 7.05. The quantitative estimate of drug-likeness (QED) is 0.735. The zero-order valence-corrected chi connectivity index (χ0v) is 14.0. The van der Waals surface area contributed by atoms with Crippen molar-refractivity contribution in [2.45, 2.75) is 6.61 Å². The Hall–Kier alpha value is -2.09. The number of halogens is 2. The first kappa shape index (κ1) is 18.3. The van der Waals surface area contributed by atoms with Crippen LogP contribution in [-0.2, 0) is 11.4 Å². The number of aromatic nitrogens is 2. The van der Waals surface area contributed by atoms with E-state index in [1.54, 1.807) is 12.1 Å². The highest BCUT2D eigenvalue weighted by molar-refractivity contribution is 6.32. The lowest BCUT2D eigenvalue weighted by Gasteiger charge is -2.10. The van der Waals surface area contributed by atoms with Crippen molar-refractivity contribution in [1.29, 1.82) is 0 Å². The summed E-state index contributed by atoms with van der Waals surface area (Å²) >= 11 is 11.8. The summed E-state index contributed by atoms with van der Waals surface area (Å²) in [7, 11) is 0. The number of rotatable bonds is 8. The number of aliphatic hydroxyl groups is 1. The van der Waals surface area contributed by atoms with Gasteiger partial charge in [-0.3, -0.25) is 9.78 Å². The van der Waals surface area contributed by atoms with Crippen LogP contribution in [0.25, 0.3) is 0 Å². The van der Waals surface area contributed by atoms with Crippen molar-refractivity contribution in [2.75, 3.05) is 19.8 Å². The fourth-order valence-electron chi connectivity index (χ4n) is 1.62. The number of nitrogens with zero attached hydrogens (tertiary/aromatic N) is 2. The second-order valence-corrected chi connectivity index (χ2v) is 5.42. The molecule has 24 heavy (non-hydrogen) atoms. The normalized spacial score (nSPS) is 10.3. The molecule has 0 saturated heterocycles. The smallest absolute Gasteiger partial charge is 0.258 e. The molecule has 2 heterocycles. The summed E-state index contributed by atoms with van der Waals surface area (Å²) in [4.78, 5) is 19.5. The fourth-order valence-corrected chi connectivity index (χ4v) is 1.89. The van der Waals surface area contributed by atoms with Gasteiger partial charge in [0.25, 0.3) is 5.91 Å². The largest absolute Gasteiger partial charge is 0.485 e. The number of amides is 1. The Labute approximate surface area is 148 Å². The number of carbonyl (C=O) groups is 1. The molecule has 0 radical (unpaired) electrons. The number of hydrogen-bond donors (Lipinski definition) is 2. The monoisotopic (exact) mass is 371 g/mol. The van der Waals surface area contributed by atoms with Gasteiger partial charge in [-0.15, -0.1) is 0 Å². The first-order valence-electron chi connectivity index (χ1n) is 6.97. The standard InChI is InChI=1S/C15H15Cl2N3O4/c16-10-1-2-11(19-6-10)8-23-13-5-15(20-7-12(13)17)24-9-14(22)18-3-4-21/h1-2,5-7,21H,3-4,8-9H2,(H,18,22). The van der Waals surface area contributed by atoms with Crippen LogP contribution in [0.3, 0.4) is 0 Å². The summed E-state index contributed by atoms with van der Waals surface area (Å²) in [5, 5.41) is 11.9. The van der Waals surface area contributed by atoms with Gasteiger partial charge in [-0.05, 0) is 12.1 Å². The zero-order valence-electron chi connectivity index (χ0n) is 12.5. The third-order valence-electron chi connectivity index (χ3n) is 2.74. The van der Waals surface area contributed by atoms with Crippen LogP contribution in [0.4, 0.5) is 0 Å². The van der Waals surface area contributed by atoms with Crippen LogP contribution >= 0.6 is 23.2 Å². The Morgan fingerprint density at radius 1 is 1.21 bits per heavy atom. The number of aliphatic hydroxyl groups excluding tert-OH is 1. The molecule has 2 aromatic rings. The first-order valence-corrected chi connectivity index (χ1v) is 7.73. The highest BCUT2D eigenvalue weighted by Crippen LogP contribution is 2.27. The van der Waals surface area contributed by atoms with Crippen LogP contribution in [0, 0.1) is 0 Å².